The Balaban J connectivity index is 1.13. The summed E-state index contributed by atoms with van der Waals surface area (Å²) in [6, 6.07) is 29.3. The summed E-state index contributed by atoms with van der Waals surface area (Å²) in [6.45, 7) is 9.80. The smallest absolute Gasteiger partial charge is 0.0822 e. The van der Waals surface area contributed by atoms with Gasteiger partial charge in [0.1, 0.15) is 0 Å². The summed E-state index contributed by atoms with van der Waals surface area (Å²) in [5.74, 6) is 2.17. The number of rotatable bonds is 24. The molecule has 0 bridgehead atoms. The van der Waals surface area contributed by atoms with Gasteiger partial charge >= 0.3 is 0 Å². The van der Waals surface area contributed by atoms with E-state index in [4.69, 9.17) is 0 Å². The zero-order valence-corrected chi connectivity index (χ0v) is 41.6. The van der Waals surface area contributed by atoms with Crippen molar-refractivity contribution in [3.8, 4) is 0 Å². The average molecular weight is 874 g/mol. The van der Waals surface area contributed by atoms with E-state index in [1.165, 1.54) is 206 Å². The standard InChI is InChI=1S/C62H87N3/c1-5-8-10-12-14-16-18-20-22-23-33-46-35-31-40-51-49-37-26-29-43-55(49)64(60(46)51)59-45(4)48(7-3)58-57(53-39-25-28-42-54(53)63-58)62(59)65-56-44-30-27-38-50(56)52-41-32-36-47(61(52)65)34-24-21-19-17-15-13-11-9-6-2/h25-30,37-39,42-48,59,62-63H,5-24,31-36,40-41H2,1-4H3. The number of nitrogens with zero attached hydrogens (tertiary/aromatic N) is 2. The number of benzene rings is 3. The molecule has 350 valence electrons. The number of hydrogen-bond donors (Lipinski definition) is 1. The first-order valence-electron chi connectivity index (χ1n) is 28.0. The third-order valence-electron chi connectivity index (χ3n) is 17.4. The van der Waals surface area contributed by atoms with E-state index in [0.717, 1.165) is 6.42 Å². The summed E-state index contributed by atoms with van der Waals surface area (Å²) < 4.78 is 6.10. The molecule has 3 aliphatic carbocycles. The van der Waals surface area contributed by atoms with Crippen LogP contribution < -0.4 is 0 Å². The van der Waals surface area contributed by atoms with Gasteiger partial charge in [-0.15, -0.1) is 0 Å². The number of fused-ring (bicyclic) bond motifs is 9. The fraction of sp³-hybridized carbons (Fsp3) is 0.613. The van der Waals surface area contributed by atoms with Crippen molar-refractivity contribution >= 4 is 32.7 Å². The minimum atomic E-state index is 0.205. The fourth-order valence-electron chi connectivity index (χ4n) is 14.2. The Labute approximate surface area is 394 Å². The van der Waals surface area contributed by atoms with Gasteiger partial charge in [-0.3, -0.25) is 0 Å². The van der Waals surface area contributed by atoms with Crippen LogP contribution >= 0.6 is 0 Å². The topological polar surface area (TPSA) is 25.6 Å². The second-order valence-electron chi connectivity index (χ2n) is 21.6. The monoisotopic (exact) mass is 874 g/mol. The first-order valence-corrected chi connectivity index (χ1v) is 28.0. The van der Waals surface area contributed by atoms with Crippen molar-refractivity contribution in [3.05, 3.63) is 107 Å². The number of aryl methyl sites for hydroxylation is 2. The molecule has 6 atom stereocenters. The van der Waals surface area contributed by atoms with Crippen LogP contribution in [-0.2, 0) is 12.8 Å². The Hall–Kier alpha value is -3.72. The van der Waals surface area contributed by atoms with E-state index >= 15 is 0 Å². The number of hydrogen-bond acceptors (Lipinski definition) is 0. The molecule has 65 heavy (non-hydrogen) atoms. The van der Waals surface area contributed by atoms with E-state index in [1.54, 1.807) is 33.5 Å². The fourth-order valence-corrected chi connectivity index (χ4v) is 14.2. The van der Waals surface area contributed by atoms with Crippen molar-refractivity contribution in [1.82, 2.24) is 14.1 Å². The second-order valence-corrected chi connectivity index (χ2v) is 21.6. The molecule has 1 N–H and O–H groups in total. The molecule has 0 fully saturated rings. The lowest BCUT2D eigenvalue weighted by Gasteiger charge is -2.46. The molecule has 3 heteroatoms. The van der Waals surface area contributed by atoms with E-state index in [2.05, 4.69) is 115 Å². The molecule has 0 amide bonds. The number of para-hydroxylation sites is 3. The van der Waals surface area contributed by atoms with Crippen molar-refractivity contribution < 1.29 is 0 Å². The molecule has 3 aromatic carbocycles. The number of unbranched alkanes of at least 4 members (excludes halogenated alkanes) is 17. The normalized spacial score (nSPS) is 21.9. The van der Waals surface area contributed by atoms with Gasteiger partial charge in [0.05, 0.1) is 12.1 Å². The molecule has 3 heterocycles. The largest absolute Gasteiger partial charge is 0.358 e. The van der Waals surface area contributed by atoms with Crippen molar-refractivity contribution in [2.45, 2.75) is 237 Å². The van der Waals surface area contributed by atoms with Crippen LogP contribution in [0.15, 0.2) is 72.8 Å². The second kappa shape index (κ2) is 22.4. The molecular formula is C62H87N3. The number of H-pyrrole nitrogens is 1. The maximum Gasteiger partial charge on any atom is 0.0822 e. The Morgan fingerprint density at radius 1 is 0.508 bits per heavy atom. The maximum absolute atomic E-state index is 4.16. The molecule has 3 nitrogen and oxygen atoms in total. The first-order chi connectivity index (χ1) is 32.2. The lowest BCUT2D eigenvalue weighted by Crippen LogP contribution is -2.38. The van der Waals surface area contributed by atoms with Crippen LogP contribution in [0.5, 0.6) is 0 Å². The molecule has 0 spiro atoms. The highest BCUT2D eigenvalue weighted by Crippen LogP contribution is 2.58. The predicted octanol–water partition coefficient (Wildman–Crippen LogP) is 19.1. The molecule has 6 aromatic rings. The molecule has 3 aliphatic rings. The summed E-state index contributed by atoms with van der Waals surface area (Å²) in [6.07, 6.45) is 38.2. The molecule has 6 unspecified atom stereocenters. The molecule has 0 saturated carbocycles. The van der Waals surface area contributed by atoms with Gasteiger partial charge in [0, 0.05) is 61.3 Å². The Kier molecular flexibility index (Phi) is 16.0. The minimum absolute atomic E-state index is 0.205. The molecule has 0 saturated heterocycles. The third-order valence-corrected chi connectivity index (χ3v) is 17.4. The van der Waals surface area contributed by atoms with Gasteiger partial charge in [-0.2, -0.15) is 0 Å². The molecule has 0 aliphatic heterocycles. The summed E-state index contributed by atoms with van der Waals surface area (Å²) >= 11 is 0. The highest BCUT2D eigenvalue weighted by Gasteiger charge is 2.48. The SMILES string of the molecule is CCCCCCCCCCCCC1CCCc2c1n(C1C(C)C(CC)c3[nH]c4ccccc4c3C1n1c3c(c4ccccc41)CCCC3CCCCCCCCCCC)c1ccccc21. The van der Waals surface area contributed by atoms with Gasteiger partial charge < -0.3 is 14.1 Å². The van der Waals surface area contributed by atoms with Crippen LogP contribution in [0.3, 0.4) is 0 Å². The van der Waals surface area contributed by atoms with E-state index in [0.29, 0.717) is 29.7 Å². The summed E-state index contributed by atoms with van der Waals surface area (Å²) in [5.41, 5.74) is 14.2. The maximum atomic E-state index is 4.16. The quantitative estimate of drug-likeness (QED) is 0.0587. The zero-order chi connectivity index (χ0) is 44.5. The number of nitrogens with one attached hydrogen (secondary N) is 1. The zero-order valence-electron chi connectivity index (χ0n) is 41.6. The van der Waals surface area contributed by atoms with Gasteiger partial charge in [-0.05, 0) is 105 Å². The van der Waals surface area contributed by atoms with Gasteiger partial charge in [0.2, 0.25) is 0 Å². The number of aromatic nitrogens is 3. The molecule has 9 rings (SSSR count). The van der Waals surface area contributed by atoms with Gasteiger partial charge in [0.15, 0.2) is 0 Å². The van der Waals surface area contributed by atoms with Gasteiger partial charge in [-0.25, -0.2) is 0 Å². The van der Waals surface area contributed by atoms with E-state index in [1.807, 2.05) is 0 Å². The Morgan fingerprint density at radius 2 is 0.954 bits per heavy atom. The molecule has 3 aromatic heterocycles. The molecule has 0 radical (unpaired) electrons. The van der Waals surface area contributed by atoms with Crippen LogP contribution in [-0.4, -0.2) is 14.1 Å². The number of aromatic amines is 1. The van der Waals surface area contributed by atoms with Gasteiger partial charge in [-0.1, -0.05) is 204 Å². The first kappa shape index (κ1) is 46.4. The highest BCUT2D eigenvalue weighted by molar-refractivity contribution is 5.90. The van der Waals surface area contributed by atoms with Crippen LogP contribution in [0, 0.1) is 5.92 Å². The average Bonchev–Trinajstić information content (AvgIpc) is 4.00. The summed E-state index contributed by atoms with van der Waals surface area (Å²) in [7, 11) is 0. The Bertz CT molecular complexity index is 2420. The van der Waals surface area contributed by atoms with Crippen LogP contribution in [0.25, 0.3) is 32.7 Å². The van der Waals surface area contributed by atoms with Crippen molar-refractivity contribution in [2.75, 3.05) is 0 Å². The minimum Gasteiger partial charge on any atom is -0.358 e. The van der Waals surface area contributed by atoms with Gasteiger partial charge in [0.25, 0.3) is 0 Å². The lowest BCUT2D eigenvalue weighted by atomic mass is 9.70. The predicted molar refractivity (Wildman–Crippen MR) is 281 cm³/mol. The third kappa shape index (κ3) is 9.57. The lowest BCUT2D eigenvalue weighted by molar-refractivity contribution is 0.207. The van der Waals surface area contributed by atoms with E-state index in [9.17, 15) is 0 Å². The van der Waals surface area contributed by atoms with E-state index < -0.39 is 0 Å². The van der Waals surface area contributed by atoms with Crippen molar-refractivity contribution in [2.24, 2.45) is 5.92 Å². The highest BCUT2D eigenvalue weighted by atomic mass is 15.2. The summed E-state index contributed by atoms with van der Waals surface area (Å²) in [4.78, 5) is 4.16. The molecular weight excluding hydrogens is 787 g/mol. The van der Waals surface area contributed by atoms with Crippen LogP contribution in [0.1, 0.15) is 258 Å². The summed E-state index contributed by atoms with van der Waals surface area (Å²) in [5, 5.41) is 4.53. The van der Waals surface area contributed by atoms with Crippen LogP contribution in [0.4, 0.5) is 0 Å². The van der Waals surface area contributed by atoms with Crippen molar-refractivity contribution in [1.29, 1.82) is 0 Å². The van der Waals surface area contributed by atoms with Crippen molar-refractivity contribution in [3.63, 3.8) is 0 Å². The van der Waals surface area contributed by atoms with E-state index in [-0.39, 0.29) is 6.04 Å². The Morgan fingerprint density at radius 3 is 1.48 bits per heavy atom. The van der Waals surface area contributed by atoms with Crippen LogP contribution in [0.2, 0.25) is 0 Å².